The zero-order valence-electron chi connectivity index (χ0n) is 14.9. The van der Waals surface area contributed by atoms with Crippen molar-refractivity contribution in [3.63, 3.8) is 0 Å². The fourth-order valence-corrected chi connectivity index (χ4v) is 3.15. The first-order valence-electron chi connectivity index (χ1n) is 8.43. The van der Waals surface area contributed by atoms with Crippen molar-refractivity contribution in [1.82, 2.24) is 4.90 Å². The molecule has 1 aliphatic heterocycles. The van der Waals surface area contributed by atoms with Crippen LogP contribution >= 0.6 is 23.2 Å². The number of urea groups is 1. The quantitative estimate of drug-likeness (QED) is 0.538. The van der Waals surface area contributed by atoms with Crippen LogP contribution in [0.1, 0.15) is 27.1 Å². The van der Waals surface area contributed by atoms with Gasteiger partial charge in [-0.25, -0.2) is 4.79 Å². The van der Waals surface area contributed by atoms with Crippen LogP contribution in [-0.4, -0.2) is 43.0 Å². The SMILES string of the molecule is COCCCN1C(=O)c2ccc(NC(=O)Nc3cc(Cl)ccc3Cl)cc2C1=O. The van der Waals surface area contributed by atoms with Crippen LogP contribution in [0.2, 0.25) is 10.0 Å². The highest BCUT2D eigenvalue weighted by Crippen LogP contribution is 2.27. The first kappa shape index (κ1) is 20.1. The Hall–Kier alpha value is -2.61. The predicted octanol–water partition coefficient (Wildman–Crippen LogP) is 4.27. The second kappa shape index (κ2) is 8.60. The fourth-order valence-electron chi connectivity index (χ4n) is 2.82. The lowest BCUT2D eigenvalue weighted by Gasteiger charge is -2.12. The number of ether oxygens (including phenoxy) is 1. The summed E-state index contributed by atoms with van der Waals surface area (Å²) in [5, 5.41) is 5.96. The van der Waals surface area contributed by atoms with Crippen LogP contribution in [0.4, 0.5) is 16.2 Å². The Morgan fingerprint density at radius 1 is 1.04 bits per heavy atom. The lowest BCUT2D eigenvalue weighted by molar-refractivity contribution is 0.0638. The van der Waals surface area contributed by atoms with Crippen molar-refractivity contribution in [2.24, 2.45) is 0 Å². The van der Waals surface area contributed by atoms with Gasteiger partial charge in [0, 0.05) is 31.0 Å². The molecule has 0 aliphatic carbocycles. The van der Waals surface area contributed by atoms with Gasteiger partial charge in [-0.2, -0.15) is 0 Å². The number of hydrogen-bond acceptors (Lipinski definition) is 4. The van der Waals surface area contributed by atoms with Crippen LogP contribution in [-0.2, 0) is 4.74 Å². The van der Waals surface area contributed by atoms with E-state index in [9.17, 15) is 14.4 Å². The summed E-state index contributed by atoms with van der Waals surface area (Å²) < 4.78 is 4.96. The van der Waals surface area contributed by atoms with E-state index in [1.165, 1.54) is 23.1 Å². The average molecular weight is 422 g/mol. The molecule has 146 valence electrons. The molecule has 7 nitrogen and oxygen atoms in total. The second-order valence-corrected chi connectivity index (χ2v) is 6.92. The number of halogens is 2. The molecule has 3 rings (SSSR count). The minimum absolute atomic E-state index is 0.251. The number of methoxy groups -OCH3 is 1. The highest BCUT2D eigenvalue weighted by Gasteiger charge is 2.35. The summed E-state index contributed by atoms with van der Waals surface area (Å²) in [5.41, 5.74) is 1.28. The number of amides is 4. The van der Waals surface area contributed by atoms with E-state index >= 15 is 0 Å². The van der Waals surface area contributed by atoms with Crippen molar-refractivity contribution in [3.8, 4) is 0 Å². The average Bonchev–Trinajstić information content (AvgIpc) is 2.89. The maximum Gasteiger partial charge on any atom is 0.323 e. The molecule has 4 amide bonds. The molecular weight excluding hydrogens is 405 g/mol. The number of anilines is 2. The molecule has 0 spiro atoms. The van der Waals surface area contributed by atoms with Gasteiger partial charge in [0.2, 0.25) is 0 Å². The van der Waals surface area contributed by atoms with Crippen LogP contribution in [0, 0.1) is 0 Å². The Kier molecular flexibility index (Phi) is 6.18. The van der Waals surface area contributed by atoms with Crippen molar-refractivity contribution in [2.75, 3.05) is 30.9 Å². The Bertz CT molecular complexity index is 949. The Morgan fingerprint density at radius 2 is 1.79 bits per heavy atom. The number of fused-ring (bicyclic) bond motifs is 1. The summed E-state index contributed by atoms with van der Waals surface area (Å²) in [7, 11) is 1.56. The molecule has 2 N–H and O–H groups in total. The number of benzene rings is 2. The third-order valence-electron chi connectivity index (χ3n) is 4.14. The summed E-state index contributed by atoms with van der Waals surface area (Å²) in [6.07, 6.45) is 0.551. The van der Waals surface area contributed by atoms with Gasteiger partial charge in [-0.1, -0.05) is 23.2 Å². The van der Waals surface area contributed by atoms with Crippen LogP contribution < -0.4 is 10.6 Å². The number of rotatable bonds is 6. The molecule has 0 saturated carbocycles. The summed E-state index contributed by atoms with van der Waals surface area (Å²) in [4.78, 5) is 38.3. The molecule has 1 aliphatic rings. The highest BCUT2D eigenvalue weighted by molar-refractivity contribution is 6.35. The van der Waals surface area contributed by atoms with Gasteiger partial charge in [-0.05, 0) is 42.8 Å². The number of imide groups is 1. The van der Waals surface area contributed by atoms with Crippen molar-refractivity contribution in [1.29, 1.82) is 0 Å². The number of carbonyl (C=O) groups excluding carboxylic acids is 3. The van der Waals surface area contributed by atoms with Gasteiger partial charge >= 0.3 is 6.03 Å². The lowest BCUT2D eigenvalue weighted by atomic mass is 10.1. The maximum atomic E-state index is 12.5. The van der Waals surface area contributed by atoms with Crippen LogP contribution in [0.25, 0.3) is 0 Å². The largest absolute Gasteiger partial charge is 0.385 e. The van der Waals surface area contributed by atoms with Gasteiger partial charge in [0.05, 0.1) is 21.8 Å². The Labute approximate surface area is 171 Å². The molecule has 9 heteroatoms. The van der Waals surface area contributed by atoms with Gasteiger partial charge in [0.25, 0.3) is 11.8 Å². The molecular formula is C19H17Cl2N3O4. The van der Waals surface area contributed by atoms with E-state index in [1.807, 2.05) is 0 Å². The fraction of sp³-hybridized carbons (Fsp3) is 0.211. The van der Waals surface area contributed by atoms with E-state index in [-0.39, 0.29) is 18.0 Å². The first-order valence-corrected chi connectivity index (χ1v) is 9.18. The predicted molar refractivity (Wildman–Crippen MR) is 107 cm³/mol. The number of nitrogens with one attached hydrogen (secondary N) is 2. The zero-order chi connectivity index (χ0) is 20.3. The van der Waals surface area contributed by atoms with Crippen molar-refractivity contribution < 1.29 is 19.1 Å². The highest BCUT2D eigenvalue weighted by atomic mass is 35.5. The standard InChI is InChI=1S/C19H17Cl2N3O4/c1-28-8-2-7-24-17(25)13-5-4-12(10-14(13)18(24)26)22-19(27)23-16-9-11(20)3-6-15(16)21/h3-6,9-10H,2,7-8H2,1H3,(H2,22,23,27). The summed E-state index contributed by atoms with van der Waals surface area (Å²) in [5.74, 6) is -0.740. The van der Waals surface area contributed by atoms with Crippen LogP contribution in [0.5, 0.6) is 0 Å². The van der Waals surface area contributed by atoms with Crippen molar-refractivity contribution in [2.45, 2.75) is 6.42 Å². The van der Waals surface area contributed by atoms with Crippen LogP contribution in [0.15, 0.2) is 36.4 Å². The Balaban J connectivity index is 1.71. The van der Waals surface area contributed by atoms with Crippen molar-refractivity contribution >= 4 is 52.4 Å². The van der Waals surface area contributed by atoms with Gasteiger partial charge in [0.1, 0.15) is 0 Å². The molecule has 0 aromatic heterocycles. The molecule has 28 heavy (non-hydrogen) atoms. The smallest absolute Gasteiger partial charge is 0.323 e. The number of carbonyl (C=O) groups is 3. The zero-order valence-corrected chi connectivity index (χ0v) is 16.4. The van der Waals surface area contributed by atoms with E-state index < -0.39 is 11.9 Å². The van der Waals surface area contributed by atoms with Crippen molar-refractivity contribution in [3.05, 3.63) is 57.6 Å². The summed E-state index contributed by atoms with van der Waals surface area (Å²) in [6, 6.07) is 8.69. The van der Waals surface area contributed by atoms with Gasteiger partial charge in [-0.3, -0.25) is 14.5 Å². The Morgan fingerprint density at radius 3 is 2.54 bits per heavy atom. The molecule has 0 saturated heterocycles. The van der Waals surface area contributed by atoms with E-state index in [0.717, 1.165) is 0 Å². The van der Waals surface area contributed by atoms with Gasteiger partial charge in [0.15, 0.2) is 0 Å². The van der Waals surface area contributed by atoms with E-state index in [1.54, 1.807) is 25.3 Å². The normalized spacial score (nSPS) is 12.9. The molecule has 2 aromatic rings. The van der Waals surface area contributed by atoms with Gasteiger partial charge < -0.3 is 15.4 Å². The van der Waals surface area contributed by atoms with E-state index in [2.05, 4.69) is 10.6 Å². The number of nitrogens with zero attached hydrogens (tertiary/aromatic N) is 1. The molecule has 0 unspecified atom stereocenters. The minimum atomic E-state index is -0.558. The molecule has 1 heterocycles. The van der Waals surface area contributed by atoms with E-state index in [0.29, 0.717) is 40.0 Å². The van der Waals surface area contributed by atoms with E-state index in [4.69, 9.17) is 27.9 Å². The molecule has 0 radical (unpaired) electrons. The summed E-state index contributed by atoms with van der Waals surface area (Å²) in [6.45, 7) is 0.725. The third-order valence-corrected chi connectivity index (χ3v) is 4.70. The minimum Gasteiger partial charge on any atom is -0.385 e. The lowest BCUT2D eigenvalue weighted by Crippen LogP contribution is -2.31. The number of hydrogen-bond donors (Lipinski definition) is 2. The monoisotopic (exact) mass is 421 g/mol. The summed E-state index contributed by atoms with van der Waals surface area (Å²) >= 11 is 11.9. The maximum absolute atomic E-state index is 12.5. The van der Waals surface area contributed by atoms with Gasteiger partial charge in [-0.15, -0.1) is 0 Å². The first-order chi connectivity index (χ1) is 13.4. The topological polar surface area (TPSA) is 87.7 Å². The second-order valence-electron chi connectivity index (χ2n) is 6.07. The van der Waals surface area contributed by atoms with Crippen LogP contribution in [0.3, 0.4) is 0 Å². The molecule has 0 atom stereocenters. The third kappa shape index (κ3) is 4.27. The molecule has 0 fully saturated rings. The molecule has 2 aromatic carbocycles. The molecule has 0 bridgehead atoms.